The van der Waals surface area contributed by atoms with Gasteiger partial charge in [0, 0.05) is 13.2 Å². The smallest absolute Gasteiger partial charge is 0.0788 e. The Labute approximate surface area is 99.3 Å². The minimum absolute atomic E-state index is 0.280. The molecule has 0 aromatic carbocycles. The van der Waals surface area contributed by atoms with Gasteiger partial charge in [-0.2, -0.15) is 0 Å². The average Bonchev–Trinajstić information content (AvgIpc) is 2.29. The van der Waals surface area contributed by atoms with Gasteiger partial charge in [0.25, 0.3) is 0 Å². The molecule has 1 rings (SSSR count). The molecular formula is C14H24O2. The molecule has 2 atom stereocenters. The minimum atomic E-state index is 0.280. The highest BCUT2D eigenvalue weighted by Crippen LogP contribution is 2.30. The Kier molecular flexibility index (Phi) is 5.78. The van der Waals surface area contributed by atoms with Crippen molar-refractivity contribution < 1.29 is 9.47 Å². The Hall–Kier alpha value is -0.600. The molecule has 0 spiro atoms. The largest absolute Gasteiger partial charge is 0.377 e. The molecule has 0 saturated carbocycles. The van der Waals surface area contributed by atoms with Crippen molar-refractivity contribution >= 4 is 0 Å². The predicted molar refractivity (Wildman–Crippen MR) is 67.5 cm³/mol. The lowest BCUT2D eigenvalue weighted by molar-refractivity contribution is 0.0657. The molecule has 0 saturated heterocycles. The third kappa shape index (κ3) is 3.76. The molecule has 2 heteroatoms. The van der Waals surface area contributed by atoms with Crippen LogP contribution in [-0.4, -0.2) is 25.9 Å². The molecule has 2 nitrogen and oxygen atoms in total. The standard InChI is InChI=1S/C14H24O2/c1-5-15-10-12(4)13-8-7-11(3)14(9-13)16-6-2/h7,13-14H,4-6,8-10H2,1-3H3. The van der Waals surface area contributed by atoms with E-state index in [0.29, 0.717) is 12.5 Å². The van der Waals surface area contributed by atoms with E-state index in [1.54, 1.807) is 0 Å². The molecule has 1 aliphatic carbocycles. The molecule has 0 aliphatic heterocycles. The van der Waals surface area contributed by atoms with Gasteiger partial charge in [-0.1, -0.05) is 12.7 Å². The molecule has 0 heterocycles. The molecule has 0 aromatic rings. The second-order valence-corrected chi connectivity index (χ2v) is 4.36. The van der Waals surface area contributed by atoms with E-state index in [9.17, 15) is 0 Å². The van der Waals surface area contributed by atoms with Crippen LogP contribution in [0.15, 0.2) is 23.8 Å². The SMILES string of the molecule is C=C(COCC)C1CC=C(C)C(OCC)C1. The van der Waals surface area contributed by atoms with Crippen molar-refractivity contribution in [2.45, 2.75) is 39.7 Å². The molecule has 0 fully saturated rings. The third-order valence-electron chi connectivity index (χ3n) is 3.17. The molecule has 92 valence electrons. The Morgan fingerprint density at radius 2 is 2.19 bits per heavy atom. The summed E-state index contributed by atoms with van der Waals surface area (Å²) in [4.78, 5) is 0. The number of hydrogen-bond donors (Lipinski definition) is 0. The number of hydrogen-bond acceptors (Lipinski definition) is 2. The van der Waals surface area contributed by atoms with Gasteiger partial charge in [-0.15, -0.1) is 0 Å². The van der Waals surface area contributed by atoms with Crippen LogP contribution in [0, 0.1) is 5.92 Å². The van der Waals surface area contributed by atoms with Crippen molar-refractivity contribution in [3.8, 4) is 0 Å². The quantitative estimate of drug-likeness (QED) is 0.644. The highest BCUT2D eigenvalue weighted by molar-refractivity contribution is 5.16. The molecule has 0 radical (unpaired) electrons. The summed E-state index contributed by atoms with van der Waals surface area (Å²) in [6.45, 7) is 12.6. The van der Waals surface area contributed by atoms with E-state index in [-0.39, 0.29) is 6.10 Å². The third-order valence-corrected chi connectivity index (χ3v) is 3.17. The normalized spacial score (nSPS) is 25.3. The van der Waals surface area contributed by atoms with Crippen LogP contribution in [-0.2, 0) is 9.47 Å². The van der Waals surface area contributed by atoms with Gasteiger partial charge in [0.15, 0.2) is 0 Å². The van der Waals surface area contributed by atoms with E-state index in [1.165, 1.54) is 11.1 Å². The van der Waals surface area contributed by atoms with Crippen LogP contribution in [0.25, 0.3) is 0 Å². The molecule has 2 unspecified atom stereocenters. The van der Waals surface area contributed by atoms with E-state index in [1.807, 2.05) is 13.8 Å². The van der Waals surface area contributed by atoms with E-state index in [2.05, 4.69) is 19.6 Å². The fraction of sp³-hybridized carbons (Fsp3) is 0.714. The van der Waals surface area contributed by atoms with Crippen LogP contribution in [0.3, 0.4) is 0 Å². The van der Waals surface area contributed by atoms with Gasteiger partial charge in [0.2, 0.25) is 0 Å². The maximum Gasteiger partial charge on any atom is 0.0788 e. The van der Waals surface area contributed by atoms with Gasteiger partial charge in [0.1, 0.15) is 0 Å². The Bertz CT molecular complexity index is 255. The molecule has 0 amide bonds. The van der Waals surface area contributed by atoms with Crippen molar-refractivity contribution in [3.63, 3.8) is 0 Å². The Morgan fingerprint density at radius 1 is 1.44 bits per heavy atom. The first-order valence-electron chi connectivity index (χ1n) is 6.22. The lowest BCUT2D eigenvalue weighted by Crippen LogP contribution is -2.24. The fourth-order valence-electron chi connectivity index (χ4n) is 2.09. The van der Waals surface area contributed by atoms with Gasteiger partial charge in [-0.3, -0.25) is 0 Å². The summed E-state index contributed by atoms with van der Waals surface area (Å²) < 4.78 is 11.1. The van der Waals surface area contributed by atoms with Gasteiger partial charge in [-0.05, 0) is 50.7 Å². The van der Waals surface area contributed by atoms with Crippen molar-refractivity contribution in [2.24, 2.45) is 5.92 Å². The van der Waals surface area contributed by atoms with Crippen molar-refractivity contribution in [2.75, 3.05) is 19.8 Å². The lowest BCUT2D eigenvalue weighted by Gasteiger charge is -2.29. The van der Waals surface area contributed by atoms with E-state index in [0.717, 1.165) is 26.1 Å². The molecule has 0 N–H and O–H groups in total. The average molecular weight is 224 g/mol. The van der Waals surface area contributed by atoms with Crippen molar-refractivity contribution in [1.82, 2.24) is 0 Å². The zero-order valence-electron chi connectivity index (χ0n) is 10.8. The van der Waals surface area contributed by atoms with Crippen LogP contribution in [0.5, 0.6) is 0 Å². The summed E-state index contributed by atoms with van der Waals surface area (Å²) >= 11 is 0. The van der Waals surface area contributed by atoms with Crippen LogP contribution in [0.1, 0.15) is 33.6 Å². The minimum Gasteiger partial charge on any atom is -0.377 e. The summed E-state index contributed by atoms with van der Waals surface area (Å²) in [5, 5.41) is 0. The first-order valence-corrected chi connectivity index (χ1v) is 6.22. The van der Waals surface area contributed by atoms with E-state index < -0.39 is 0 Å². The molecular weight excluding hydrogens is 200 g/mol. The summed E-state index contributed by atoms with van der Waals surface area (Å²) in [5.74, 6) is 0.520. The Morgan fingerprint density at radius 3 is 2.81 bits per heavy atom. The van der Waals surface area contributed by atoms with Crippen molar-refractivity contribution in [3.05, 3.63) is 23.8 Å². The highest BCUT2D eigenvalue weighted by Gasteiger charge is 2.23. The number of rotatable bonds is 6. The molecule has 16 heavy (non-hydrogen) atoms. The topological polar surface area (TPSA) is 18.5 Å². The summed E-state index contributed by atoms with van der Waals surface area (Å²) in [5.41, 5.74) is 2.57. The van der Waals surface area contributed by atoms with Crippen LogP contribution >= 0.6 is 0 Å². The van der Waals surface area contributed by atoms with Crippen LogP contribution in [0.2, 0.25) is 0 Å². The van der Waals surface area contributed by atoms with Crippen molar-refractivity contribution in [1.29, 1.82) is 0 Å². The summed E-state index contributed by atoms with van der Waals surface area (Å²) in [6.07, 6.45) is 4.71. The lowest BCUT2D eigenvalue weighted by atomic mass is 9.84. The second-order valence-electron chi connectivity index (χ2n) is 4.36. The zero-order valence-corrected chi connectivity index (χ0v) is 10.8. The maximum absolute atomic E-state index is 5.73. The monoisotopic (exact) mass is 224 g/mol. The summed E-state index contributed by atoms with van der Waals surface area (Å²) in [7, 11) is 0. The first-order chi connectivity index (χ1) is 7.69. The van der Waals surface area contributed by atoms with E-state index >= 15 is 0 Å². The van der Waals surface area contributed by atoms with Crippen LogP contribution < -0.4 is 0 Å². The molecule has 1 aliphatic rings. The summed E-state index contributed by atoms with van der Waals surface area (Å²) in [6, 6.07) is 0. The van der Waals surface area contributed by atoms with E-state index in [4.69, 9.17) is 9.47 Å². The van der Waals surface area contributed by atoms with Gasteiger partial charge >= 0.3 is 0 Å². The predicted octanol–water partition coefficient (Wildman–Crippen LogP) is 3.34. The fourth-order valence-corrected chi connectivity index (χ4v) is 2.09. The molecule has 0 aromatic heterocycles. The highest BCUT2D eigenvalue weighted by atomic mass is 16.5. The van der Waals surface area contributed by atoms with Gasteiger partial charge < -0.3 is 9.47 Å². The zero-order chi connectivity index (χ0) is 12.0. The van der Waals surface area contributed by atoms with Crippen LogP contribution in [0.4, 0.5) is 0 Å². The Balaban J connectivity index is 2.49. The number of allylic oxidation sites excluding steroid dienone is 1. The number of ether oxygens (including phenoxy) is 2. The van der Waals surface area contributed by atoms with Gasteiger partial charge in [0.05, 0.1) is 12.7 Å². The molecule has 0 bridgehead atoms. The first kappa shape index (κ1) is 13.5. The van der Waals surface area contributed by atoms with Gasteiger partial charge in [-0.25, -0.2) is 0 Å². The second kappa shape index (κ2) is 6.87. The maximum atomic E-state index is 5.73.